The van der Waals surface area contributed by atoms with Crippen molar-refractivity contribution in [2.75, 3.05) is 25.6 Å². The minimum Gasteiger partial charge on any atom is -0.497 e. The van der Waals surface area contributed by atoms with Gasteiger partial charge in [-0.25, -0.2) is 4.98 Å². The molecule has 6 nitrogen and oxygen atoms in total. The maximum Gasteiger partial charge on any atom is 0.257 e. The number of rotatable bonds is 8. The molecule has 0 fully saturated rings. The summed E-state index contributed by atoms with van der Waals surface area (Å²) < 4.78 is 16.4. The quantitative estimate of drug-likeness (QED) is 0.586. The van der Waals surface area contributed by atoms with Gasteiger partial charge in [0.1, 0.15) is 17.2 Å². The summed E-state index contributed by atoms with van der Waals surface area (Å²) in [6, 6.07) is 12.6. The summed E-state index contributed by atoms with van der Waals surface area (Å²) in [5, 5.41) is 5.23. The Morgan fingerprint density at radius 3 is 2.43 bits per heavy atom. The minimum absolute atomic E-state index is 0.225. The van der Waals surface area contributed by atoms with E-state index in [2.05, 4.69) is 10.3 Å². The Labute approximate surface area is 168 Å². The second-order valence-corrected chi connectivity index (χ2v) is 6.60. The zero-order valence-electron chi connectivity index (χ0n) is 16.0. The molecule has 3 aromatic rings. The Morgan fingerprint density at radius 1 is 1.04 bits per heavy atom. The molecule has 0 aliphatic rings. The molecule has 0 radical (unpaired) electrons. The normalized spacial score (nSPS) is 10.4. The predicted molar refractivity (Wildman–Crippen MR) is 111 cm³/mol. The highest BCUT2D eigenvalue weighted by molar-refractivity contribution is 7.14. The van der Waals surface area contributed by atoms with E-state index in [0.29, 0.717) is 29.7 Å². The number of hydrogen-bond acceptors (Lipinski definition) is 6. The molecule has 0 aliphatic carbocycles. The standard InChI is InChI=1S/C21H22N2O4S/c1-4-26-16-10-11-19(27-5-2)17(12-16)18-13-28-21(22-18)23-20(24)14-6-8-15(25-3)9-7-14/h6-13H,4-5H2,1-3H3,(H,22,23,24). The van der Waals surface area contributed by atoms with E-state index in [1.807, 2.05) is 37.4 Å². The van der Waals surface area contributed by atoms with E-state index in [9.17, 15) is 4.79 Å². The molecule has 146 valence electrons. The summed E-state index contributed by atoms with van der Waals surface area (Å²) in [6.45, 7) is 4.99. The van der Waals surface area contributed by atoms with E-state index < -0.39 is 0 Å². The zero-order chi connectivity index (χ0) is 19.9. The van der Waals surface area contributed by atoms with E-state index in [0.717, 1.165) is 22.8 Å². The number of anilines is 1. The number of ether oxygens (including phenoxy) is 3. The summed E-state index contributed by atoms with van der Waals surface area (Å²) in [5.41, 5.74) is 2.08. The smallest absolute Gasteiger partial charge is 0.257 e. The largest absolute Gasteiger partial charge is 0.497 e. The van der Waals surface area contributed by atoms with Crippen LogP contribution >= 0.6 is 11.3 Å². The first-order valence-electron chi connectivity index (χ1n) is 8.95. The van der Waals surface area contributed by atoms with Crippen molar-refractivity contribution in [2.24, 2.45) is 0 Å². The Bertz CT molecular complexity index is 938. The number of thiazole rings is 1. The van der Waals surface area contributed by atoms with E-state index >= 15 is 0 Å². The fourth-order valence-electron chi connectivity index (χ4n) is 2.61. The third-order valence-corrected chi connectivity index (χ3v) is 4.67. The molecule has 3 rings (SSSR count). The molecular weight excluding hydrogens is 376 g/mol. The van der Waals surface area contributed by atoms with E-state index in [1.54, 1.807) is 31.4 Å². The van der Waals surface area contributed by atoms with E-state index in [4.69, 9.17) is 14.2 Å². The number of nitrogens with one attached hydrogen (secondary N) is 1. The summed E-state index contributed by atoms with van der Waals surface area (Å²) in [5.74, 6) is 1.95. The van der Waals surface area contributed by atoms with Crippen molar-refractivity contribution in [2.45, 2.75) is 13.8 Å². The van der Waals surface area contributed by atoms with Gasteiger partial charge in [-0.1, -0.05) is 0 Å². The van der Waals surface area contributed by atoms with Crippen LogP contribution in [0.5, 0.6) is 17.2 Å². The number of amides is 1. The van der Waals surface area contributed by atoms with Crippen molar-refractivity contribution < 1.29 is 19.0 Å². The lowest BCUT2D eigenvalue weighted by molar-refractivity contribution is 0.102. The van der Waals surface area contributed by atoms with Crippen molar-refractivity contribution in [1.82, 2.24) is 4.98 Å². The predicted octanol–water partition coefficient (Wildman–Crippen LogP) is 4.87. The number of aromatic nitrogens is 1. The van der Waals surface area contributed by atoms with Crippen molar-refractivity contribution in [3.8, 4) is 28.5 Å². The Morgan fingerprint density at radius 2 is 1.75 bits per heavy atom. The van der Waals surface area contributed by atoms with Gasteiger partial charge in [-0.2, -0.15) is 0 Å². The zero-order valence-corrected chi connectivity index (χ0v) is 16.8. The molecule has 1 N–H and O–H groups in total. The highest BCUT2D eigenvalue weighted by Crippen LogP contribution is 2.35. The van der Waals surface area contributed by atoms with E-state index in [-0.39, 0.29) is 5.91 Å². The molecule has 0 saturated heterocycles. The number of hydrogen-bond donors (Lipinski definition) is 1. The van der Waals surface area contributed by atoms with Crippen molar-refractivity contribution in [3.63, 3.8) is 0 Å². The summed E-state index contributed by atoms with van der Waals surface area (Å²) in [7, 11) is 1.59. The monoisotopic (exact) mass is 398 g/mol. The fourth-order valence-corrected chi connectivity index (χ4v) is 3.32. The maximum atomic E-state index is 12.4. The molecule has 2 aromatic carbocycles. The van der Waals surface area contributed by atoms with Gasteiger partial charge in [0, 0.05) is 16.5 Å². The number of benzene rings is 2. The Balaban J connectivity index is 1.81. The van der Waals surface area contributed by atoms with Crippen molar-refractivity contribution in [3.05, 3.63) is 53.4 Å². The molecule has 0 aliphatic heterocycles. The van der Waals surface area contributed by atoms with Gasteiger partial charge in [0.15, 0.2) is 5.13 Å². The van der Waals surface area contributed by atoms with Crippen LogP contribution in [0.15, 0.2) is 47.8 Å². The third kappa shape index (κ3) is 4.61. The van der Waals surface area contributed by atoms with Crippen LogP contribution in [0.25, 0.3) is 11.3 Å². The molecule has 0 bridgehead atoms. The Kier molecular flexibility index (Phi) is 6.49. The van der Waals surface area contributed by atoms with E-state index in [1.165, 1.54) is 11.3 Å². The molecule has 0 saturated carbocycles. The number of methoxy groups -OCH3 is 1. The molecule has 0 atom stereocenters. The van der Waals surface area contributed by atoms with Gasteiger partial charge in [-0.15, -0.1) is 11.3 Å². The number of carbonyl (C=O) groups is 1. The second-order valence-electron chi connectivity index (χ2n) is 5.74. The summed E-state index contributed by atoms with van der Waals surface area (Å²) in [6.07, 6.45) is 0. The molecular formula is C21H22N2O4S. The van der Waals surface area contributed by atoms with Gasteiger partial charge in [0.2, 0.25) is 0 Å². The third-order valence-electron chi connectivity index (χ3n) is 3.91. The van der Waals surface area contributed by atoms with Crippen LogP contribution in [-0.4, -0.2) is 31.2 Å². The highest BCUT2D eigenvalue weighted by atomic mass is 32.1. The molecule has 0 spiro atoms. The first-order chi connectivity index (χ1) is 13.6. The SMILES string of the molecule is CCOc1ccc(OCC)c(-c2csc(NC(=O)c3ccc(OC)cc3)n2)c1. The van der Waals surface area contributed by atoms with Crippen LogP contribution in [0.1, 0.15) is 24.2 Å². The summed E-state index contributed by atoms with van der Waals surface area (Å²) in [4.78, 5) is 17.0. The molecule has 28 heavy (non-hydrogen) atoms. The Hall–Kier alpha value is -3.06. The van der Waals surface area contributed by atoms with Crippen LogP contribution < -0.4 is 19.5 Å². The van der Waals surface area contributed by atoms with Gasteiger partial charge >= 0.3 is 0 Å². The molecule has 1 heterocycles. The lowest BCUT2D eigenvalue weighted by atomic mass is 10.1. The van der Waals surface area contributed by atoms with Gasteiger partial charge in [0.05, 0.1) is 26.0 Å². The maximum absolute atomic E-state index is 12.4. The molecule has 7 heteroatoms. The second kappa shape index (κ2) is 9.23. The van der Waals surface area contributed by atoms with Crippen LogP contribution in [0.2, 0.25) is 0 Å². The average Bonchev–Trinajstić information content (AvgIpc) is 3.18. The summed E-state index contributed by atoms with van der Waals surface area (Å²) >= 11 is 1.36. The highest BCUT2D eigenvalue weighted by Gasteiger charge is 2.14. The first kappa shape index (κ1) is 19.7. The van der Waals surface area contributed by atoms with Crippen molar-refractivity contribution >= 4 is 22.4 Å². The van der Waals surface area contributed by atoms with Crippen LogP contribution in [0, 0.1) is 0 Å². The van der Waals surface area contributed by atoms with Gasteiger partial charge in [-0.05, 0) is 56.3 Å². The topological polar surface area (TPSA) is 69.7 Å². The van der Waals surface area contributed by atoms with Gasteiger partial charge < -0.3 is 14.2 Å². The van der Waals surface area contributed by atoms with Crippen LogP contribution in [0.3, 0.4) is 0 Å². The number of nitrogens with zero attached hydrogens (tertiary/aromatic N) is 1. The van der Waals surface area contributed by atoms with Crippen molar-refractivity contribution in [1.29, 1.82) is 0 Å². The van der Waals surface area contributed by atoms with Gasteiger partial charge in [0.25, 0.3) is 5.91 Å². The van der Waals surface area contributed by atoms with Gasteiger partial charge in [-0.3, -0.25) is 10.1 Å². The molecule has 1 aromatic heterocycles. The lowest BCUT2D eigenvalue weighted by Crippen LogP contribution is -2.11. The number of carbonyl (C=O) groups excluding carboxylic acids is 1. The first-order valence-corrected chi connectivity index (χ1v) is 9.83. The van der Waals surface area contributed by atoms with Crippen LogP contribution in [0.4, 0.5) is 5.13 Å². The minimum atomic E-state index is -0.225. The average molecular weight is 398 g/mol. The molecule has 0 unspecified atom stereocenters. The molecule has 1 amide bonds. The fraction of sp³-hybridized carbons (Fsp3) is 0.238. The lowest BCUT2D eigenvalue weighted by Gasteiger charge is -2.11. The van der Waals surface area contributed by atoms with Crippen LogP contribution in [-0.2, 0) is 0 Å².